The molecule has 180 valence electrons. The SMILES string of the molecule is CCCCCCCCSC(=S)CO.CCCCCCC[CH2][Sn][CH2]CCCCCCC. The van der Waals surface area contributed by atoms with Crippen molar-refractivity contribution in [2.75, 3.05) is 12.4 Å². The molecule has 2 radical (unpaired) electrons. The number of aliphatic hydroxyl groups is 1. The first-order valence-corrected chi connectivity index (χ1v) is 18.6. The van der Waals surface area contributed by atoms with Crippen molar-refractivity contribution in [1.82, 2.24) is 0 Å². The Morgan fingerprint density at radius 2 is 0.967 bits per heavy atom. The van der Waals surface area contributed by atoms with Gasteiger partial charge in [-0.2, -0.15) is 0 Å². The zero-order valence-corrected chi connectivity index (χ0v) is 25.3. The Bertz CT molecular complexity index is 299. The summed E-state index contributed by atoms with van der Waals surface area (Å²) in [4.78, 5) is 0. The van der Waals surface area contributed by atoms with E-state index in [0.717, 1.165) is 9.95 Å². The Morgan fingerprint density at radius 1 is 0.600 bits per heavy atom. The fourth-order valence-electron chi connectivity index (χ4n) is 3.30. The number of thiocarbonyl (C=S) groups is 1. The molecule has 0 aliphatic rings. The van der Waals surface area contributed by atoms with Crippen LogP contribution in [0.5, 0.6) is 0 Å². The molecule has 0 saturated heterocycles. The summed E-state index contributed by atoms with van der Waals surface area (Å²) in [6.07, 6.45) is 25.8. The van der Waals surface area contributed by atoms with Gasteiger partial charge in [0.15, 0.2) is 0 Å². The summed E-state index contributed by atoms with van der Waals surface area (Å²) >= 11 is 6.58. The van der Waals surface area contributed by atoms with E-state index in [4.69, 9.17) is 17.3 Å². The molecule has 4 heteroatoms. The molecule has 0 fully saturated rings. The fourth-order valence-corrected chi connectivity index (χ4v) is 7.78. The van der Waals surface area contributed by atoms with Crippen molar-refractivity contribution >= 4 is 49.3 Å². The van der Waals surface area contributed by atoms with Crippen LogP contribution in [-0.4, -0.2) is 42.8 Å². The van der Waals surface area contributed by atoms with Gasteiger partial charge in [0.2, 0.25) is 0 Å². The third-order valence-electron chi connectivity index (χ3n) is 5.30. The molecule has 0 aromatic carbocycles. The Balaban J connectivity index is 0. The van der Waals surface area contributed by atoms with Crippen LogP contribution >= 0.6 is 24.0 Å². The first kappa shape index (κ1) is 33.4. The molecular formula is C26H54OS2Sn. The Kier molecular flexibility index (Phi) is 36.0. The quantitative estimate of drug-likeness (QED) is 0.0802. The second kappa shape index (κ2) is 32.4. The topological polar surface area (TPSA) is 20.2 Å². The third kappa shape index (κ3) is 33.8. The fraction of sp³-hybridized carbons (Fsp3) is 0.962. The molecule has 0 heterocycles. The molecule has 0 unspecified atom stereocenters. The van der Waals surface area contributed by atoms with Crippen LogP contribution in [0.2, 0.25) is 8.87 Å². The predicted octanol–water partition coefficient (Wildman–Crippen LogP) is 9.65. The van der Waals surface area contributed by atoms with Crippen molar-refractivity contribution in [2.45, 2.75) is 145 Å². The van der Waals surface area contributed by atoms with Gasteiger partial charge >= 0.3 is 121 Å². The van der Waals surface area contributed by atoms with E-state index in [1.807, 2.05) is 0 Å². The predicted molar refractivity (Wildman–Crippen MR) is 148 cm³/mol. The van der Waals surface area contributed by atoms with Crippen LogP contribution in [0.4, 0.5) is 0 Å². The summed E-state index contributed by atoms with van der Waals surface area (Å²) in [6.45, 7) is 6.88. The molecule has 0 saturated carbocycles. The first-order valence-electron chi connectivity index (χ1n) is 13.2. The maximum atomic E-state index is 8.65. The molecule has 0 bridgehead atoms. The number of rotatable bonds is 22. The van der Waals surface area contributed by atoms with Gasteiger partial charge in [-0.1, -0.05) is 51.2 Å². The number of hydrogen-bond donors (Lipinski definition) is 1. The van der Waals surface area contributed by atoms with Crippen LogP contribution in [0.1, 0.15) is 136 Å². The van der Waals surface area contributed by atoms with Gasteiger partial charge in [0.25, 0.3) is 0 Å². The van der Waals surface area contributed by atoms with E-state index >= 15 is 0 Å². The molecule has 1 nitrogen and oxygen atoms in total. The van der Waals surface area contributed by atoms with Crippen molar-refractivity contribution < 1.29 is 5.11 Å². The van der Waals surface area contributed by atoms with E-state index in [9.17, 15) is 0 Å². The minimum absolute atomic E-state index is 0.0514. The number of thioether (sulfide) groups is 1. The zero-order chi connectivity index (χ0) is 22.5. The Hall–Kier alpha value is 1.20. The van der Waals surface area contributed by atoms with E-state index < -0.39 is 0 Å². The van der Waals surface area contributed by atoms with Gasteiger partial charge < -0.3 is 5.11 Å². The molecule has 1 N–H and O–H groups in total. The zero-order valence-electron chi connectivity index (χ0n) is 20.8. The van der Waals surface area contributed by atoms with Crippen LogP contribution < -0.4 is 0 Å². The van der Waals surface area contributed by atoms with Gasteiger partial charge in [-0.05, 0) is 12.2 Å². The summed E-state index contributed by atoms with van der Waals surface area (Å²) in [7, 11) is 0. The first-order chi connectivity index (χ1) is 14.7. The summed E-state index contributed by atoms with van der Waals surface area (Å²) in [6, 6.07) is 0. The second-order valence-corrected chi connectivity index (χ2v) is 14.7. The minimum atomic E-state index is 0.0514. The number of aliphatic hydroxyl groups excluding tert-OH is 1. The van der Waals surface area contributed by atoms with Gasteiger partial charge in [-0.15, -0.1) is 11.8 Å². The van der Waals surface area contributed by atoms with Crippen LogP contribution in [0.15, 0.2) is 0 Å². The second-order valence-electron chi connectivity index (χ2n) is 8.43. The molecule has 0 aromatic heterocycles. The molecular weight excluding hydrogens is 511 g/mol. The molecule has 0 amide bonds. The van der Waals surface area contributed by atoms with Crippen LogP contribution in [0, 0.1) is 0 Å². The summed E-state index contributed by atoms with van der Waals surface area (Å²) < 4.78 is 4.04. The van der Waals surface area contributed by atoms with Crippen molar-refractivity contribution in [3.8, 4) is 0 Å². The van der Waals surface area contributed by atoms with E-state index in [1.54, 1.807) is 33.5 Å². The molecule has 30 heavy (non-hydrogen) atoms. The van der Waals surface area contributed by atoms with Gasteiger partial charge in [0.1, 0.15) is 0 Å². The van der Waals surface area contributed by atoms with Crippen LogP contribution in [0.3, 0.4) is 0 Å². The molecule has 0 atom stereocenters. The van der Waals surface area contributed by atoms with E-state index in [-0.39, 0.29) is 27.7 Å². The average Bonchev–Trinajstić information content (AvgIpc) is 2.76. The molecule has 0 aliphatic carbocycles. The summed E-state index contributed by atoms with van der Waals surface area (Å²) in [5.41, 5.74) is 0. The summed E-state index contributed by atoms with van der Waals surface area (Å²) in [5.74, 6) is 1.07. The Morgan fingerprint density at radius 3 is 1.37 bits per heavy atom. The van der Waals surface area contributed by atoms with Gasteiger partial charge in [0, 0.05) is 0 Å². The summed E-state index contributed by atoms with van der Waals surface area (Å²) in [5, 5.41) is 8.65. The number of hydrogen-bond acceptors (Lipinski definition) is 3. The standard InChI is InChI=1S/C10H20OS2.2C8H17.Sn/c1-2-3-4-5-6-7-8-13-10(12)9-11;2*1-3-5-7-8-6-4-2;/h11H,2-9H2,1H3;2*1,3-8H2,2H3;. The van der Waals surface area contributed by atoms with Crippen molar-refractivity contribution in [3.63, 3.8) is 0 Å². The van der Waals surface area contributed by atoms with Crippen LogP contribution in [-0.2, 0) is 0 Å². The van der Waals surface area contributed by atoms with Gasteiger partial charge in [-0.3, -0.25) is 0 Å². The van der Waals surface area contributed by atoms with E-state index in [0.29, 0.717) is 0 Å². The van der Waals surface area contributed by atoms with Crippen molar-refractivity contribution in [1.29, 1.82) is 0 Å². The Labute approximate surface area is 210 Å². The van der Waals surface area contributed by atoms with Gasteiger partial charge in [0.05, 0.1) is 10.8 Å². The monoisotopic (exact) mass is 566 g/mol. The third-order valence-corrected chi connectivity index (χ3v) is 10.8. The number of unbranched alkanes of at least 4 members (excludes halogenated alkanes) is 15. The molecule has 0 aliphatic heterocycles. The van der Waals surface area contributed by atoms with Crippen molar-refractivity contribution in [2.24, 2.45) is 0 Å². The van der Waals surface area contributed by atoms with Gasteiger partial charge in [-0.25, -0.2) is 0 Å². The molecule has 0 aromatic rings. The van der Waals surface area contributed by atoms with E-state index in [1.165, 1.54) is 103 Å². The normalized spacial score (nSPS) is 10.7. The average molecular weight is 566 g/mol. The maximum absolute atomic E-state index is 8.65. The van der Waals surface area contributed by atoms with Crippen LogP contribution in [0.25, 0.3) is 0 Å². The molecule has 0 spiro atoms. The van der Waals surface area contributed by atoms with E-state index in [2.05, 4.69) is 20.8 Å². The molecule has 0 rings (SSSR count). The van der Waals surface area contributed by atoms with Crippen molar-refractivity contribution in [3.05, 3.63) is 0 Å².